The van der Waals surface area contributed by atoms with Gasteiger partial charge in [0.1, 0.15) is 0 Å². The van der Waals surface area contributed by atoms with Crippen molar-refractivity contribution in [2.24, 2.45) is 0 Å². The van der Waals surface area contributed by atoms with E-state index in [1.165, 1.54) is 49.6 Å². The highest BCUT2D eigenvalue weighted by Gasteiger charge is 2.39. The Morgan fingerprint density at radius 3 is 2.16 bits per heavy atom. The zero-order valence-electron chi connectivity index (χ0n) is 26.7. The normalized spacial score (nSPS) is 16.4. The summed E-state index contributed by atoms with van der Waals surface area (Å²) in [4.78, 5) is 2.33. The molecular weight excluding hydrogens is 520 g/mol. The Balaban J connectivity index is 1.28. The van der Waals surface area contributed by atoms with Gasteiger partial charge in [0.2, 0.25) is 0 Å². The van der Waals surface area contributed by atoms with E-state index >= 15 is 0 Å². The molecule has 0 fully saturated rings. The zero-order valence-corrected chi connectivity index (χ0v) is 26.7. The Kier molecular flexibility index (Phi) is 8.33. The molecule has 0 spiro atoms. The van der Waals surface area contributed by atoms with Gasteiger partial charge in [0, 0.05) is 42.0 Å². The van der Waals surface area contributed by atoms with Gasteiger partial charge in [-0.25, -0.2) is 0 Å². The van der Waals surface area contributed by atoms with Gasteiger partial charge in [0.15, 0.2) is 0 Å². The number of nitrogens with one attached hydrogen (secondary N) is 1. The van der Waals surface area contributed by atoms with Crippen LogP contribution >= 0.6 is 0 Å². The van der Waals surface area contributed by atoms with Crippen LogP contribution in [-0.4, -0.2) is 14.1 Å². The summed E-state index contributed by atoms with van der Waals surface area (Å²) in [5.74, 6) is 0. The highest BCUT2D eigenvalue weighted by atomic mass is 15.2. The molecule has 0 amide bonds. The molecule has 0 saturated heterocycles. The van der Waals surface area contributed by atoms with E-state index in [0.717, 1.165) is 11.3 Å². The third-order valence-electron chi connectivity index (χ3n) is 9.01. The molecule has 0 unspecified atom stereocenters. The molecule has 43 heavy (non-hydrogen) atoms. The van der Waals surface area contributed by atoms with Crippen LogP contribution in [0.2, 0.25) is 0 Å². The number of nitrogens with zero attached hydrogens (tertiary/aromatic N) is 1. The maximum atomic E-state index is 4.46. The molecule has 1 heterocycles. The second-order valence-electron chi connectivity index (χ2n) is 12.5. The van der Waals surface area contributed by atoms with Crippen LogP contribution < -0.4 is 10.2 Å². The fraction of sp³-hybridized carbons (Fsp3) is 0.220. The summed E-state index contributed by atoms with van der Waals surface area (Å²) < 4.78 is 0. The molecule has 1 aliphatic rings. The minimum Gasteiger partial charge on any atom is -0.388 e. The lowest BCUT2D eigenvalue weighted by molar-refractivity contribution is 0.645. The molecule has 5 rings (SSSR count). The summed E-state index contributed by atoms with van der Waals surface area (Å²) in [7, 11) is 4.16. The average Bonchev–Trinajstić information content (AvgIpc) is 3.20. The number of allylic oxidation sites excluding steroid dienone is 11. The zero-order chi connectivity index (χ0) is 30.8. The first-order chi connectivity index (χ1) is 20.6. The number of likely N-dealkylation sites (N-methyl/N-ethyl adjacent to an activating group) is 1. The second kappa shape index (κ2) is 12.0. The fourth-order valence-corrected chi connectivity index (χ4v) is 6.50. The van der Waals surface area contributed by atoms with Crippen LogP contribution in [0.1, 0.15) is 45.7 Å². The first kappa shape index (κ1) is 29.9. The smallest absolute Gasteiger partial charge is 0.0454 e. The summed E-state index contributed by atoms with van der Waals surface area (Å²) in [5.41, 5.74) is 8.34. The van der Waals surface area contributed by atoms with Gasteiger partial charge in [0.25, 0.3) is 0 Å². The van der Waals surface area contributed by atoms with Gasteiger partial charge in [-0.05, 0) is 63.4 Å². The molecule has 4 aromatic carbocycles. The minimum atomic E-state index is -0.238. The van der Waals surface area contributed by atoms with E-state index in [9.17, 15) is 0 Å². The van der Waals surface area contributed by atoms with Crippen LogP contribution in [0.5, 0.6) is 0 Å². The van der Waals surface area contributed by atoms with E-state index in [1.807, 2.05) is 7.05 Å². The molecule has 0 aromatic heterocycles. The Hall–Kier alpha value is -4.56. The lowest BCUT2D eigenvalue weighted by Crippen LogP contribution is -2.22. The van der Waals surface area contributed by atoms with Gasteiger partial charge in [-0.3, -0.25) is 0 Å². The Morgan fingerprint density at radius 2 is 1.44 bits per heavy atom. The molecule has 1 N–H and O–H groups in total. The van der Waals surface area contributed by atoms with Gasteiger partial charge in [-0.2, -0.15) is 0 Å². The van der Waals surface area contributed by atoms with Gasteiger partial charge in [-0.15, -0.1) is 0 Å². The standard InChI is InChI=1S/C41H44N2/c1-29(17-9-11-19-30(2)40(3,4)38-33-22-14-12-20-31(33)25-27-35(38)42-7)18-10-16-24-37-41(5,6)39-34-23-15-13-21-32(34)26-28-36(39)43(37)8/h9-28,42H,2H2,1,3-8H3/b16-10+,17-9+,19-11+,29-18+,37-24+. The van der Waals surface area contributed by atoms with E-state index in [1.54, 1.807) is 0 Å². The summed E-state index contributed by atoms with van der Waals surface area (Å²) in [6, 6.07) is 26.1. The van der Waals surface area contributed by atoms with E-state index in [2.05, 4.69) is 180 Å². The third kappa shape index (κ3) is 5.62. The molecule has 0 aliphatic carbocycles. The minimum absolute atomic E-state index is 0.0745. The van der Waals surface area contributed by atoms with Crippen molar-refractivity contribution in [2.75, 3.05) is 24.3 Å². The van der Waals surface area contributed by atoms with Crippen molar-refractivity contribution in [3.63, 3.8) is 0 Å². The lowest BCUT2D eigenvalue weighted by atomic mass is 9.75. The second-order valence-corrected chi connectivity index (χ2v) is 12.5. The molecule has 0 bridgehead atoms. The van der Waals surface area contributed by atoms with Crippen LogP contribution in [-0.2, 0) is 10.8 Å². The molecular formula is C41H44N2. The van der Waals surface area contributed by atoms with Crippen molar-refractivity contribution in [1.82, 2.24) is 0 Å². The molecule has 2 nitrogen and oxygen atoms in total. The van der Waals surface area contributed by atoms with Crippen LogP contribution in [0.25, 0.3) is 21.5 Å². The van der Waals surface area contributed by atoms with E-state index in [-0.39, 0.29) is 10.8 Å². The fourth-order valence-electron chi connectivity index (χ4n) is 6.50. The maximum absolute atomic E-state index is 4.46. The monoisotopic (exact) mass is 564 g/mol. The van der Waals surface area contributed by atoms with Gasteiger partial charge in [-0.1, -0.05) is 143 Å². The van der Waals surface area contributed by atoms with Crippen molar-refractivity contribution < 1.29 is 0 Å². The van der Waals surface area contributed by atoms with E-state index < -0.39 is 0 Å². The molecule has 1 aliphatic heterocycles. The summed E-state index contributed by atoms with van der Waals surface area (Å²) >= 11 is 0. The highest BCUT2D eigenvalue weighted by Crippen LogP contribution is 2.50. The number of benzene rings is 4. The first-order valence-corrected chi connectivity index (χ1v) is 15.1. The van der Waals surface area contributed by atoms with Crippen molar-refractivity contribution in [2.45, 2.75) is 45.4 Å². The predicted molar refractivity (Wildman–Crippen MR) is 190 cm³/mol. The van der Waals surface area contributed by atoms with Crippen LogP contribution in [0, 0.1) is 0 Å². The summed E-state index contributed by atoms with van der Waals surface area (Å²) in [6.45, 7) is 15.7. The molecule has 0 atom stereocenters. The topological polar surface area (TPSA) is 15.3 Å². The first-order valence-electron chi connectivity index (χ1n) is 15.1. The molecule has 218 valence electrons. The van der Waals surface area contributed by atoms with Crippen molar-refractivity contribution in [1.29, 1.82) is 0 Å². The quantitative estimate of drug-likeness (QED) is 0.214. The van der Waals surface area contributed by atoms with Crippen LogP contribution in [0.4, 0.5) is 11.4 Å². The van der Waals surface area contributed by atoms with E-state index in [0.29, 0.717) is 0 Å². The predicted octanol–water partition coefficient (Wildman–Crippen LogP) is 10.8. The molecule has 4 aromatic rings. The number of hydrogen-bond donors (Lipinski definition) is 1. The van der Waals surface area contributed by atoms with Gasteiger partial charge in [0.05, 0.1) is 0 Å². The SMILES string of the molecule is C=C(/C=C/C=C/C(C)=C/C=C/C=C1/N(C)c2ccc3ccccc3c2C1(C)C)C(C)(C)c1c(NC)ccc2ccccc12. The maximum Gasteiger partial charge on any atom is 0.0454 e. The third-order valence-corrected chi connectivity index (χ3v) is 9.01. The highest BCUT2D eigenvalue weighted by molar-refractivity contribution is 5.95. The van der Waals surface area contributed by atoms with Crippen molar-refractivity contribution in [3.05, 3.63) is 156 Å². The van der Waals surface area contributed by atoms with Crippen molar-refractivity contribution in [3.8, 4) is 0 Å². The summed E-state index contributed by atoms with van der Waals surface area (Å²) in [6.07, 6.45) is 17.1. The Morgan fingerprint density at radius 1 is 0.814 bits per heavy atom. The van der Waals surface area contributed by atoms with Gasteiger partial charge < -0.3 is 10.2 Å². The van der Waals surface area contributed by atoms with Crippen LogP contribution in [0.15, 0.2) is 145 Å². The number of hydrogen-bond acceptors (Lipinski definition) is 2. The van der Waals surface area contributed by atoms with E-state index in [4.69, 9.17) is 0 Å². The Labute approximate surface area is 258 Å². The van der Waals surface area contributed by atoms with Gasteiger partial charge >= 0.3 is 0 Å². The molecule has 0 saturated carbocycles. The average molecular weight is 565 g/mol. The molecule has 0 radical (unpaired) electrons. The van der Waals surface area contributed by atoms with Crippen molar-refractivity contribution >= 4 is 32.9 Å². The molecule has 2 heteroatoms. The Bertz CT molecular complexity index is 1840. The summed E-state index contributed by atoms with van der Waals surface area (Å²) in [5, 5.41) is 8.52. The van der Waals surface area contributed by atoms with Crippen LogP contribution in [0.3, 0.4) is 0 Å². The number of fused-ring (bicyclic) bond motifs is 4. The number of anilines is 2. The largest absolute Gasteiger partial charge is 0.388 e. The number of rotatable bonds is 8. The lowest BCUT2D eigenvalue weighted by Gasteiger charge is -2.30.